The summed E-state index contributed by atoms with van der Waals surface area (Å²) in [7, 11) is 4.23. The average molecular weight is 398 g/mol. The van der Waals surface area contributed by atoms with Gasteiger partial charge >= 0.3 is 0 Å². The molecule has 1 amide bonds. The van der Waals surface area contributed by atoms with Crippen molar-refractivity contribution in [2.45, 2.75) is 52.1 Å². The predicted octanol–water partition coefficient (Wildman–Crippen LogP) is 1.89. The zero-order valence-electron chi connectivity index (χ0n) is 18.3. The van der Waals surface area contributed by atoms with Crippen molar-refractivity contribution in [3.05, 3.63) is 34.5 Å². The average Bonchev–Trinajstić information content (AvgIpc) is 3.32. The Labute approximate surface area is 172 Å². The lowest BCUT2D eigenvalue weighted by molar-refractivity contribution is 0.0671. The van der Waals surface area contributed by atoms with Crippen LogP contribution in [0.2, 0.25) is 0 Å². The Balaban J connectivity index is 1.63. The van der Waals surface area contributed by atoms with Crippen molar-refractivity contribution in [2.24, 2.45) is 0 Å². The van der Waals surface area contributed by atoms with Crippen molar-refractivity contribution < 1.29 is 4.79 Å². The fourth-order valence-electron chi connectivity index (χ4n) is 4.49. The second-order valence-corrected chi connectivity index (χ2v) is 9.25. The number of carbonyl (C=O) groups excluding carboxylic acids is 1. The molecule has 2 aromatic rings. The number of anilines is 1. The van der Waals surface area contributed by atoms with E-state index in [1.807, 2.05) is 24.9 Å². The number of aromatic amines is 1. The molecule has 0 aromatic carbocycles. The molecule has 2 aliphatic heterocycles. The van der Waals surface area contributed by atoms with E-state index in [1.54, 1.807) is 0 Å². The van der Waals surface area contributed by atoms with Crippen LogP contribution in [0.4, 0.5) is 5.82 Å². The van der Waals surface area contributed by atoms with Crippen LogP contribution in [0.5, 0.6) is 0 Å². The molecule has 1 saturated heterocycles. The van der Waals surface area contributed by atoms with E-state index in [-0.39, 0.29) is 11.3 Å². The van der Waals surface area contributed by atoms with Crippen LogP contribution in [0.15, 0.2) is 6.20 Å². The van der Waals surface area contributed by atoms with Crippen LogP contribution in [-0.4, -0.2) is 75.6 Å². The van der Waals surface area contributed by atoms with Gasteiger partial charge < -0.3 is 14.7 Å². The Hall–Kier alpha value is -2.48. The van der Waals surface area contributed by atoms with Crippen LogP contribution in [0.1, 0.15) is 53.4 Å². The van der Waals surface area contributed by atoms with Gasteiger partial charge in [-0.3, -0.25) is 9.89 Å². The van der Waals surface area contributed by atoms with Gasteiger partial charge in [0.05, 0.1) is 6.20 Å². The van der Waals surface area contributed by atoms with E-state index >= 15 is 0 Å². The highest BCUT2D eigenvalue weighted by atomic mass is 16.2. The number of likely N-dealkylation sites (N-methyl/N-ethyl adjacent to an activating group) is 1. The minimum absolute atomic E-state index is 0.113. The Kier molecular flexibility index (Phi) is 4.85. The molecule has 1 fully saturated rings. The lowest BCUT2D eigenvalue weighted by atomic mass is 9.83. The Bertz CT molecular complexity index is 933. The molecule has 0 saturated carbocycles. The molecule has 1 atom stereocenters. The topological polar surface area (TPSA) is 81.2 Å². The van der Waals surface area contributed by atoms with Gasteiger partial charge in [0.1, 0.15) is 5.82 Å². The fourth-order valence-corrected chi connectivity index (χ4v) is 4.49. The molecule has 4 rings (SSSR count). The Morgan fingerprint density at radius 3 is 2.72 bits per heavy atom. The zero-order valence-corrected chi connectivity index (χ0v) is 18.3. The molecule has 2 aliphatic rings. The van der Waals surface area contributed by atoms with Crippen LogP contribution < -0.4 is 4.90 Å². The number of aromatic nitrogens is 4. The highest BCUT2D eigenvalue weighted by Gasteiger charge is 2.37. The number of hydrogen-bond donors (Lipinski definition) is 1. The third kappa shape index (κ3) is 3.50. The van der Waals surface area contributed by atoms with Gasteiger partial charge in [-0.15, -0.1) is 0 Å². The second kappa shape index (κ2) is 7.09. The predicted molar refractivity (Wildman–Crippen MR) is 112 cm³/mol. The van der Waals surface area contributed by atoms with Gasteiger partial charge in [0.25, 0.3) is 5.91 Å². The fraction of sp³-hybridized carbons (Fsp3) is 0.619. The molecule has 0 aliphatic carbocycles. The lowest BCUT2D eigenvalue weighted by Crippen LogP contribution is -2.45. The molecule has 8 nitrogen and oxygen atoms in total. The van der Waals surface area contributed by atoms with Crippen LogP contribution in [0, 0.1) is 13.8 Å². The first-order chi connectivity index (χ1) is 13.7. The molecular formula is C21H31N7O. The summed E-state index contributed by atoms with van der Waals surface area (Å²) in [4.78, 5) is 29.1. The SMILES string of the molecule is Cc1nc(C(=O)N2Cc3cn[nH]c3C(C)(C)C2)nc(N2CC[C@@H](N(C)C)C2)c1C. The van der Waals surface area contributed by atoms with E-state index in [4.69, 9.17) is 4.98 Å². The molecule has 4 heterocycles. The number of aryl methyl sites for hydroxylation is 1. The maximum atomic E-state index is 13.4. The normalized spacial score (nSPS) is 21.0. The molecule has 8 heteroatoms. The number of hydrogen-bond acceptors (Lipinski definition) is 6. The van der Waals surface area contributed by atoms with Crippen molar-refractivity contribution in [2.75, 3.05) is 38.6 Å². The monoisotopic (exact) mass is 397 g/mol. The summed E-state index contributed by atoms with van der Waals surface area (Å²) < 4.78 is 0. The molecule has 156 valence electrons. The van der Waals surface area contributed by atoms with Gasteiger partial charge in [0.2, 0.25) is 5.82 Å². The van der Waals surface area contributed by atoms with E-state index in [9.17, 15) is 4.79 Å². The smallest absolute Gasteiger partial charge is 0.292 e. The van der Waals surface area contributed by atoms with Crippen LogP contribution in [0.3, 0.4) is 0 Å². The molecule has 0 bridgehead atoms. The molecule has 0 radical (unpaired) electrons. The number of carbonyl (C=O) groups is 1. The number of rotatable bonds is 3. The van der Waals surface area contributed by atoms with Gasteiger partial charge in [-0.2, -0.15) is 5.10 Å². The highest BCUT2D eigenvalue weighted by molar-refractivity contribution is 5.91. The third-order valence-electron chi connectivity index (χ3n) is 6.38. The molecule has 0 spiro atoms. The molecule has 29 heavy (non-hydrogen) atoms. The van der Waals surface area contributed by atoms with E-state index in [0.29, 0.717) is 25.0 Å². The third-order valence-corrected chi connectivity index (χ3v) is 6.38. The first-order valence-electron chi connectivity index (χ1n) is 10.3. The zero-order chi connectivity index (χ0) is 20.9. The summed E-state index contributed by atoms with van der Waals surface area (Å²) in [5.41, 5.74) is 3.90. The maximum Gasteiger partial charge on any atom is 0.292 e. The molecular weight excluding hydrogens is 366 g/mol. The highest BCUT2D eigenvalue weighted by Crippen LogP contribution is 2.32. The summed E-state index contributed by atoms with van der Waals surface area (Å²) in [6, 6.07) is 0.506. The summed E-state index contributed by atoms with van der Waals surface area (Å²) in [5.74, 6) is 1.07. The minimum atomic E-state index is -0.184. The molecule has 1 N–H and O–H groups in total. The number of H-pyrrole nitrogens is 1. The number of fused-ring (bicyclic) bond motifs is 1. The first-order valence-corrected chi connectivity index (χ1v) is 10.3. The quantitative estimate of drug-likeness (QED) is 0.852. The second-order valence-electron chi connectivity index (χ2n) is 9.25. The van der Waals surface area contributed by atoms with Crippen molar-refractivity contribution in [1.82, 2.24) is 30.0 Å². The van der Waals surface area contributed by atoms with Crippen molar-refractivity contribution in [3.8, 4) is 0 Å². The summed E-state index contributed by atoms with van der Waals surface area (Å²) in [6.07, 6.45) is 2.91. The maximum absolute atomic E-state index is 13.4. The summed E-state index contributed by atoms with van der Waals surface area (Å²) in [5, 5.41) is 7.27. The van der Waals surface area contributed by atoms with E-state index in [2.05, 4.69) is 52.9 Å². The summed E-state index contributed by atoms with van der Waals surface area (Å²) in [6.45, 7) is 11.3. The Morgan fingerprint density at radius 1 is 1.28 bits per heavy atom. The van der Waals surface area contributed by atoms with Crippen molar-refractivity contribution >= 4 is 11.7 Å². The van der Waals surface area contributed by atoms with Crippen molar-refractivity contribution in [3.63, 3.8) is 0 Å². The number of nitrogens with one attached hydrogen (secondary N) is 1. The minimum Gasteiger partial charge on any atom is -0.355 e. The van der Waals surface area contributed by atoms with Crippen LogP contribution in [-0.2, 0) is 12.0 Å². The van der Waals surface area contributed by atoms with Gasteiger partial charge in [0.15, 0.2) is 0 Å². The largest absolute Gasteiger partial charge is 0.355 e. The van der Waals surface area contributed by atoms with Gasteiger partial charge in [-0.1, -0.05) is 13.8 Å². The van der Waals surface area contributed by atoms with Crippen LogP contribution in [0.25, 0.3) is 0 Å². The van der Waals surface area contributed by atoms with Gasteiger partial charge in [-0.05, 0) is 34.4 Å². The van der Waals surface area contributed by atoms with Gasteiger partial charge in [-0.25, -0.2) is 9.97 Å². The van der Waals surface area contributed by atoms with E-state index < -0.39 is 0 Å². The van der Waals surface area contributed by atoms with Crippen LogP contribution >= 0.6 is 0 Å². The summed E-state index contributed by atoms with van der Waals surface area (Å²) >= 11 is 0. The first kappa shape index (κ1) is 19.8. The van der Waals surface area contributed by atoms with Crippen molar-refractivity contribution in [1.29, 1.82) is 0 Å². The lowest BCUT2D eigenvalue weighted by Gasteiger charge is -2.37. The number of amides is 1. The Morgan fingerprint density at radius 2 is 2.03 bits per heavy atom. The van der Waals surface area contributed by atoms with Gasteiger partial charge in [0, 0.05) is 60.2 Å². The van der Waals surface area contributed by atoms with E-state index in [0.717, 1.165) is 47.8 Å². The van der Waals surface area contributed by atoms with E-state index in [1.165, 1.54) is 0 Å². The molecule has 2 aromatic heterocycles. The number of nitrogens with zero attached hydrogens (tertiary/aromatic N) is 6. The molecule has 0 unspecified atom stereocenters. The standard InChI is InChI=1S/C21H31N7O/c1-13-14(2)23-18(24-19(13)27-8-7-16(11-27)26(5)6)20(29)28-10-15-9-22-25-17(15)21(3,4)12-28/h9,16H,7-8,10-12H2,1-6H3,(H,22,25)/t16-/m1/s1.